The molecule has 0 radical (unpaired) electrons. The first kappa shape index (κ1) is 21.6. The third-order valence-corrected chi connectivity index (χ3v) is 7.15. The first-order chi connectivity index (χ1) is 15.0. The van der Waals surface area contributed by atoms with Gasteiger partial charge in [0.1, 0.15) is 0 Å². The molecule has 1 aliphatic carbocycles. The Kier molecular flexibility index (Phi) is 6.75. The molecule has 31 heavy (non-hydrogen) atoms. The monoisotopic (exact) mass is 447 g/mol. The number of hydrogen-bond acceptors (Lipinski definition) is 3. The minimum absolute atomic E-state index is 0.232. The van der Waals surface area contributed by atoms with E-state index in [2.05, 4.69) is 47.4 Å². The minimum atomic E-state index is -3.96. The van der Waals surface area contributed by atoms with Crippen molar-refractivity contribution in [3.8, 4) is 11.1 Å². The van der Waals surface area contributed by atoms with Crippen LogP contribution in [0, 0.1) is 6.92 Å². The fourth-order valence-corrected chi connectivity index (χ4v) is 4.84. The molecule has 4 nitrogen and oxygen atoms in total. The third-order valence-electron chi connectivity index (χ3n) is 5.08. The average Bonchev–Trinajstić information content (AvgIpc) is 2.80. The van der Waals surface area contributed by atoms with Crippen molar-refractivity contribution >= 4 is 32.2 Å². The molecule has 0 saturated carbocycles. The molecule has 0 saturated heterocycles. The zero-order valence-electron chi connectivity index (χ0n) is 17.2. The van der Waals surface area contributed by atoms with Gasteiger partial charge in [0.2, 0.25) is 0 Å². The van der Waals surface area contributed by atoms with Crippen LogP contribution in [0.15, 0.2) is 95.9 Å². The number of allylic oxidation sites excluding steroid dienone is 4. The first-order valence-corrected chi connectivity index (χ1v) is 12.5. The zero-order chi connectivity index (χ0) is 21.7. The quantitative estimate of drug-likeness (QED) is 0.342. The smallest absolute Gasteiger partial charge is 0.320 e. The molecule has 0 amide bonds. The summed E-state index contributed by atoms with van der Waals surface area (Å²) < 4.78 is 17.3. The van der Waals surface area contributed by atoms with E-state index in [-0.39, 0.29) is 5.30 Å². The van der Waals surface area contributed by atoms with Gasteiger partial charge in [0.05, 0.1) is 13.7 Å². The van der Waals surface area contributed by atoms with E-state index in [4.69, 9.17) is 4.62 Å². The zero-order valence-corrected chi connectivity index (χ0v) is 19.0. The maximum Gasteiger partial charge on any atom is 0.381 e. The predicted octanol–water partition coefficient (Wildman–Crippen LogP) is 6.59. The Morgan fingerprint density at radius 3 is 2.10 bits per heavy atom. The van der Waals surface area contributed by atoms with Gasteiger partial charge in [-0.2, -0.15) is 4.62 Å². The number of nitrogens with zero attached hydrogens (tertiary/aromatic N) is 1. The number of aryl methyl sites for hydroxylation is 1. The Morgan fingerprint density at radius 1 is 0.871 bits per heavy atom. The lowest BCUT2D eigenvalue weighted by atomic mass is 9.97. The lowest BCUT2D eigenvalue weighted by Gasteiger charge is -2.09. The number of benzene rings is 3. The van der Waals surface area contributed by atoms with E-state index in [1.165, 1.54) is 11.1 Å². The van der Waals surface area contributed by atoms with Gasteiger partial charge in [-0.05, 0) is 66.3 Å². The van der Waals surface area contributed by atoms with Gasteiger partial charge in [-0.15, -0.1) is 4.91 Å². The normalized spacial score (nSPS) is 15.6. The van der Waals surface area contributed by atoms with Crippen molar-refractivity contribution in [3.05, 3.63) is 102 Å². The molecular formula is C25H23NO3P2. The summed E-state index contributed by atoms with van der Waals surface area (Å²) in [5.41, 5.74) is 5.76. The van der Waals surface area contributed by atoms with Crippen molar-refractivity contribution in [1.29, 1.82) is 0 Å². The van der Waals surface area contributed by atoms with E-state index in [1.807, 2.05) is 31.2 Å². The summed E-state index contributed by atoms with van der Waals surface area (Å²) in [5.74, 6) is 0. The molecule has 0 aromatic heterocycles. The molecule has 0 heterocycles. The summed E-state index contributed by atoms with van der Waals surface area (Å²) in [6.07, 6.45) is 8.89. The second kappa shape index (κ2) is 9.68. The summed E-state index contributed by atoms with van der Waals surface area (Å²) in [4.78, 5) is 13.9. The first-order valence-electron chi connectivity index (χ1n) is 10.1. The van der Waals surface area contributed by atoms with E-state index in [1.54, 1.807) is 24.3 Å². The molecule has 0 fully saturated rings. The molecule has 156 valence electrons. The Bertz CT molecular complexity index is 1180. The summed E-state index contributed by atoms with van der Waals surface area (Å²) in [5, 5.41) is 1.11. The van der Waals surface area contributed by atoms with E-state index < -0.39 is 7.60 Å². The minimum Gasteiger partial charge on any atom is -0.320 e. The maximum atomic E-state index is 12.3. The van der Waals surface area contributed by atoms with Crippen LogP contribution in [-0.4, -0.2) is 4.89 Å². The maximum absolute atomic E-state index is 12.3. The van der Waals surface area contributed by atoms with E-state index >= 15 is 0 Å². The molecular weight excluding hydrogens is 424 g/mol. The van der Waals surface area contributed by atoms with Crippen molar-refractivity contribution in [2.75, 3.05) is 0 Å². The molecule has 3 aromatic carbocycles. The molecule has 3 aromatic rings. The summed E-state index contributed by atoms with van der Waals surface area (Å²) in [6.45, 7) is 1.92. The van der Waals surface area contributed by atoms with E-state index in [0.29, 0.717) is 8.37 Å². The largest absolute Gasteiger partial charge is 0.381 e. The van der Waals surface area contributed by atoms with Crippen LogP contribution in [-0.2, 0) is 9.19 Å². The van der Waals surface area contributed by atoms with Gasteiger partial charge in [-0.3, -0.25) is 4.57 Å². The van der Waals surface area contributed by atoms with Gasteiger partial charge in [0.25, 0.3) is 0 Å². The highest BCUT2D eigenvalue weighted by molar-refractivity contribution is 7.61. The molecule has 0 bridgehead atoms. The van der Waals surface area contributed by atoms with Crippen molar-refractivity contribution in [2.45, 2.75) is 19.8 Å². The summed E-state index contributed by atoms with van der Waals surface area (Å²) in [7, 11) is -3.48. The van der Waals surface area contributed by atoms with Crippen LogP contribution in [0.3, 0.4) is 0 Å². The van der Waals surface area contributed by atoms with Gasteiger partial charge in [0, 0.05) is 5.30 Å². The Hall–Kier alpha value is -2.61. The molecule has 6 heteroatoms. The predicted molar refractivity (Wildman–Crippen MR) is 129 cm³/mol. The highest BCUT2D eigenvalue weighted by Gasteiger charge is 2.22. The standard InChI is InChI=1S/C25H23NO3P2/c1-19-7-17-25(18-8-19)31(27,28)29-26-30-24-15-13-23(14-16-24)22-11-9-21(10-12-22)20-5-3-2-4-6-20/h3,5-18H,2,4H2,1H3,(H,27,28). The average molecular weight is 447 g/mol. The van der Waals surface area contributed by atoms with Crippen LogP contribution in [0.2, 0.25) is 0 Å². The highest BCUT2D eigenvalue weighted by atomic mass is 31.2. The Balaban J connectivity index is 1.41. The fraction of sp³-hybridized carbons (Fsp3) is 0.120. The topological polar surface area (TPSA) is 58.9 Å². The van der Waals surface area contributed by atoms with Gasteiger partial charge in [0.15, 0.2) is 0 Å². The summed E-state index contributed by atoms with van der Waals surface area (Å²) >= 11 is 0. The Labute approximate surface area is 184 Å². The molecule has 0 aliphatic heterocycles. The van der Waals surface area contributed by atoms with E-state index in [9.17, 15) is 9.46 Å². The highest BCUT2D eigenvalue weighted by Crippen LogP contribution is 2.41. The van der Waals surface area contributed by atoms with Gasteiger partial charge < -0.3 is 4.89 Å². The van der Waals surface area contributed by atoms with Crippen LogP contribution in [0.4, 0.5) is 0 Å². The van der Waals surface area contributed by atoms with E-state index in [0.717, 1.165) is 34.8 Å². The molecule has 0 spiro atoms. The second-order valence-corrected chi connectivity index (χ2v) is 9.98. The molecule has 1 N–H and O–H groups in total. The van der Waals surface area contributed by atoms with Gasteiger partial charge >= 0.3 is 7.60 Å². The van der Waals surface area contributed by atoms with Crippen LogP contribution in [0.25, 0.3) is 16.7 Å². The van der Waals surface area contributed by atoms with Gasteiger partial charge in [-0.1, -0.05) is 72.3 Å². The molecule has 1 unspecified atom stereocenters. The molecule has 1 atom stereocenters. The van der Waals surface area contributed by atoms with Crippen LogP contribution >= 0.6 is 16.0 Å². The van der Waals surface area contributed by atoms with Gasteiger partial charge in [-0.25, -0.2) is 0 Å². The fourth-order valence-electron chi connectivity index (χ4n) is 3.30. The lowest BCUT2D eigenvalue weighted by molar-refractivity contribution is 0.289. The third kappa shape index (κ3) is 5.55. The summed E-state index contributed by atoms with van der Waals surface area (Å²) in [6, 6.07) is 23.2. The van der Waals surface area contributed by atoms with Crippen molar-refractivity contribution in [3.63, 3.8) is 0 Å². The van der Waals surface area contributed by atoms with Crippen LogP contribution in [0.1, 0.15) is 24.0 Å². The number of rotatable bonds is 6. The van der Waals surface area contributed by atoms with Crippen molar-refractivity contribution in [2.24, 2.45) is 4.91 Å². The van der Waals surface area contributed by atoms with Crippen molar-refractivity contribution in [1.82, 2.24) is 0 Å². The molecule has 4 rings (SSSR count). The molecule has 1 aliphatic rings. The van der Waals surface area contributed by atoms with Crippen LogP contribution in [0.5, 0.6) is 0 Å². The lowest BCUT2D eigenvalue weighted by Crippen LogP contribution is -2.04. The number of hydrogen-bond donors (Lipinski definition) is 1. The van der Waals surface area contributed by atoms with Crippen molar-refractivity contribution < 1.29 is 14.1 Å². The van der Waals surface area contributed by atoms with Crippen LogP contribution < -0.4 is 10.6 Å². The SMILES string of the molecule is Cc1ccc(P(=O)(O)ON=Pc2ccc(-c3ccc(C4=CCCC=C4)cc3)cc2)cc1. The Morgan fingerprint density at radius 2 is 1.48 bits per heavy atom. The second-order valence-electron chi connectivity index (χ2n) is 7.38.